The molecule has 0 heterocycles. The first-order chi connectivity index (χ1) is 5.39. The highest BCUT2D eigenvalue weighted by Crippen LogP contribution is 2.03. The lowest BCUT2D eigenvalue weighted by molar-refractivity contribution is 1.68. The molecule has 0 aliphatic carbocycles. The first-order valence-corrected chi connectivity index (χ1v) is 4.23. The Kier molecular flexibility index (Phi) is 3.70. The number of hydrogen-bond acceptors (Lipinski definition) is 0. The van der Waals surface area contributed by atoms with Gasteiger partial charge in [-0.15, -0.1) is 0 Å². The van der Waals surface area contributed by atoms with Crippen LogP contribution >= 0.6 is 15.9 Å². The summed E-state index contributed by atoms with van der Waals surface area (Å²) in [6.45, 7) is 0. The predicted molar refractivity (Wildman–Crippen MR) is 51.8 cm³/mol. The van der Waals surface area contributed by atoms with Gasteiger partial charge in [0.2, 0.25) is 0 Å². The molecule has 1 heteroatoms. The maximum Gasteiger partial charge on any atom is 0.0175 e. The van der Waals surface area contributed by atoms with Gasteiger partial charge >= 0.3 is 0 Å². The highest BCUT2D eigenvalue weighted by molar-refractivity contribution is 9.10. The smallest absolute Gasteiger partial charge is 0.0175 e. The monoisotopic (exact) mass is 208 g/mol. The average Bonchev–Trinajstić information content (AvgIpc) is 2.03. The van der Waals surface area contributed by atoms with E-state index in [2.05, 4.69) is 15.9 Å². The molecule has 0 N–H and O–H groups in total. The van der Waals surface area contributed by atoms with Gasteiger partial charge in [-0.05, 0) is 12.1 Å². The molecule has 0 aliphatic heterocycles. The van der Waals surface area contributed by atoms with Crippen molar-refractivity contribution in [3.8, 4) is 0 Å². The third-order valence-corrected chi connectivity index (χ3v) is 1.71. The van der Waals surface area contributed by atoms with E-state index in [9.17, 15) is 0 Å². The van der Waals surface area contributed by atoms with Crippen LogP contribution in [-0.2, 0) is 0 Å². The van der Waals surface area contributed by atoms with E-state index < -0.39 is 0 Å². The molecule has 0 atom stereocenters. The van der Waals surface area contributed by atoms with Crippen molar-refractivity contribution >= 4 is 15.9 Å². The van der Waals surface area contributed by atoms with Crippen LogP contribution in [0.15, 0.2) is 59.1 Å². The van der Waals surface area contributed by atoms with Crippen molar-refractivity contribution in [3.63, 3.8) is 0 Å². The Morgan fingerprint density at radius 2 is 1.00 bits per heavy atom. The zero-order chi connectivity index (χ0) is 7.94. The molecule has 0 aliphatic rings. The van der Waals surface area contributed by atoms with Crippen LogP contribution in [0.5, 0.6) is 0 Å². The topological polar surface area (TPSA) is 0 Å². The Morgan fingerprint density at radius 1 is 0.636 bits per heavy atom. The van der Waals surface area contributed by atoms with E-state index in [1.807, 2.05) is 54.6 Å². The summed E-state index contributed by atoms with van der Waals surface area (Å²) < 4.78 is 1.08. The van der Waals surface area contributed by atoms with Crippen LogP contribution in [0, 0.1) is 0 Å². The molecule has 0 saturated heterocycles. The summed E-state index contributed by atoms with van der Waals surface area (Å²) >= 11 is 3.40. The minimum Gasteiger partial charge on any atom is -0.0623 e. The molecule has 1 aromatic carbocycles. The van der Waals surface area contributed by atoms with Gasteiger partial charge in [0.25, 0.3) is 0 Å². The summed E-state index contributed by atoms with van der Waals surface area (Å²) in [5, 5.41) is 0. The fourth-order valence-electron chi connectivity index (χ4n) is 0.671. The van der Waals surface area contributed by atoms with E-state index >= 15 is 0 Å². The number of rotatable bonds is 0. The summed E-state index contributed by atoms with van der Waals surface area (Å²) in [6, 6.07) is 17.9. The summed E-state index contributed by atoms with van der Waals surface area (Å²) in [4.78, 5) is 0. The van der Waals surface area contributed by atoms with Crippen molar-refractivity contribution in [1.29, 1.82) is 0 Å². The molecule has 0 fully saturated rings. The summed E-state index contributed by atoms with van der Waals surface area (Å²) in [7, 11) is 0. The SMILES string of the molecule is Brc1ccccccccc1. The molecule has 1 rings (SSSR count). The molecule has 0 unspecified atom stereocenters. The Morgan fingerprint density at radius 3 is 1.45 bits per heavy atom. The average molecular weight is 209 g/mol. The molecular weight excluding hydrogens is 200 g/mol. The Bertz CT molecular complexity index is 242. The van der Waals surface area contributed by atoms with E-state index in [-0.39, 0.29) is 0 Å². The maximum absolute atomic E-state index is 3.40. The van der Waals surface area contributed by atoms with Crippen molar-refractivity contribution in [2.24, 2.45) is 0 Å². The molecule has 0 amide bonds. The van der Waals surface area contributed by atoms with Gasteiger partial charge in [0, 0.05) is 4.47 Å². The van der Waals surface area contributed by atoms with Crippen molar-refractivity contribution in [3.05, 3.63) is 59.1 Å². The first kappa shape index (κ1) is 8.28. The van der Waals surface area contributed by atoms with Gasteiger partial charge < -0.3 is 0 Å². The Labute approximate surface area is 75.3 Å². The zero-order valence-corrected chi connectivity index (χ0v) is 7.66. The highest BCUT2D eigenvalue weighted by atomic mass is 79.9. The van der Waals surface area contributed by atoms with Crippen LogP contribution in [0.2, 0.25) is 0 Å². The number of halogens is 1. The molecular formula is C10H9Br. The van der Waals surface area contributed by atoms with Crippen molar-refractivity contribution < 1.29 is 0 Å². The fraction of sp³-hybridized carbons (Fsp3) is 0. The quantitative estimate of drug-likeness (QED) is 0.612. The van der Waals surface area contributed by atoms with Gasteiger partial charge in [0.15, 0.2) is 0 Å². The van der Waals surface area contributed by atoms with Crippen LogP contribution in [-0.4, -0.2) is 0 Å². The lowest BCUT2D eigenvalue weighted by atomic mass is 10.4. The molecule has 0 aromatic heterocycles. The molecule has 1 aromatic rings. The third kappa shape index (κ3) is 3.79. The third-order valence-electron chi connectivity index (χ3n) is 1.18. The zero-order valence-electron chi connectivity index (χ0n) is 6.07. The van der Waals surface area contributed by atoms with Gasteiger partial charge in [0.1, 0.15) is 0 Å². The first-order valence-electron chi connectivity index (χ1n) is 3.43. The number of hydrogen-bond donors (Lipinski definition) is 0. The standard InChI is InChI=1S/C10H9Br/c11-10-8-6-4-2-1-3-5-7-9-10/h1-9H. The summed E-state index contributed by atoms with van der Waals surface area (Å²) in [5.74, 6) is 0. The molecule has 0 nitrogen and oxygen atoms in total. The van der Waals surface area contributed by atoms with Crippen molar-refractivity contribution in [2.75, 3.05) is 0 Å². The van der Waals surface area contributed by atoms with Crippen molar-refractivity contribution in [1.82, 2.24) is 0 Å². The second kappa shape index (κ2) is 4.91. The second-order valence-electron chi connectivity index (χ2n) is 2.07. The second-order valence-corrected chi connectivity index (χ2v) is 2.98. The van der Waals surface area contributed by atoms with Gasteiger partial charge in [0.05, 0.1) is 0 Å². The van der Waals surface area contributed by atoms with E-state index in [4.69, 9.17) is 0 Å². The molecule has 56 valence electrons. The molecule has 0 radical (unpaired) electrons. The minimum absolute atomic E-state index is 1.08. The molecule has 0 saturated carbocycles. The predicted octanol–water partition coefficient (Wildman–Crippen LogP) is 3.57. The van der Waals surface area contributed by atoms with Crippen LogP contribution in [0.4, 0.5) is 0 Å². The van der Waals surface area contributed by atoms with Crippen LogP contribution in [0.3, 0.4) is 0 Å². The Balaban J connectivity index is 3.11. The lowest BCUT2D eigenvalue weighted by Crippen LogP contribution is -1.53. The van der Waals surface area contributed by atoms with Gasteiger partial charge in [-0.3, -0.25) is 0 Å². The van der Waals surface area contributed by atoms with E-state index in [1.54, 1.807) is 0 Å². The molecule has 0 bridgehead atoms. The molecule has 11 heavy (non-hydrogen) atoms. The fourth-order valence-corrected chi connectivity index (χ4v) is 0.976. The van der Waals surface area contributed by atoms with Crippen molar-refractivity contribution in [2.45, 2.75) is 0 Å². The maximum atomic E-state index is 3.40. The normalized spacial score (nSPS) is 8.45. The van der Waals surface area contributed by atoms with Gasteiger partial charge in [-0.1, -0.05) is 58.4 Å². The molecule has 0 spiro atoms. The van der Waals surface area contributed by atoms with E-state index in [0.717, 1.165) is 4.47 Å². The van der Waals surface area contributed by atoms with Crippen LogP contribution in [0.1, 0.15) is 0 Å². The van der Waals surface area contributed by atoms with Crippen LogP contribution < -0.4 is 0 Å². The van der Waals surface area contributed by atoms with E-state index in [0.29, 0.717) is 0 Å². The summed E-state index contributed by atoms with van der Waals surface area (Å²) in [5.41, 5.74) is 0. The highest BCUT2D eigenvalue weighted by Gasteiger charge is 1.71. The van der Waals surface area contributed by atoms with Crippen LogP contribution in [0.25, 0.3) is 0 Å². The van der Waals surface area contributed by atoms with E-state index in [1.165, 1.54) is 0 Å². The summed E-state index contributed by atoms with van der Waals surface area (Å²) in [6.07, 6.45) is 0. The van der Waals surface area contributed by atoms with Gasteiger partial charge in [-0.2, -0.15) is 0 Å². The lowest BCUT2D eigenvalue weighted by Gasteiger charge is -1.78. The Hall–Kier alpha value is -0.820. The largest absolute Gasteiger partial charge is 0.0623 e. The van der Waals surface area contributed by atoms with Gasteiger partial charge in [-0.25, -0.2) is 0 Å². The minimum atomic E-state index is 1.08.